The molecular formula is C19H29FN4O. The average molecular weight is 348 g/mol. The molecule has 1 N–H and O–H groups in total. The normalized spacial score (nSPS) is 23.6. The first kappa shape index (κ1) is 18.1. The van der Waals surface area contributed by atoms with Gasteiger partial charge >= 0.3 is 0 Å². The van der Waals surface area contributed by atoms with Crippen LogP contribution in [0.5, 0.6) is 0 Å². The van der Waals surface area contributed by atoms with Crippen molar-refractivity contribution in [2.24, 2.45) is 0 Å². The van der Waals surface area contributed by atoms with E-state index in [0.29, 0.717) is 6.04 Å². The highest BCUT2D eigenvalue weighted by Crippen LogP contribution is 2.19. The lowest BCUT2D eigenvalue weighted by Crippen LogP contribution is -2.57. The minimum absolute atomic E-state index is 0.0616. The number of likely N-dealkylation sites (N-methyl/N-ethyl adjacent to an activating group) is 1. The third kappa shape index (κ3) is 4.30. The van der Waals surface area contributed by atoms with E-state index in [2.05, 4.69) is 15.1 Å². The molecule has 0 saturated carbocycles. The number of nitrogens with one attached hydrogen (secondary N) is 1. The molecule has 2 unspecified atom stereocenters. The summed E-state index contributed by atoms with van der Waals surface area (Å²) in [5, 5.41) is 3.34. The van der Waals surface area contributed by atoms with Gasteiger partial charge in [0.15, 0.2) is 0 Å². The van der Waals surface area contributed by atoms with Crippen LogP contribution in [-0.2, 0) is 4.79 Å². The first-order chi connectivity index (χ1) is 12.1. The molecule has 0 spiro atoms. The van der Waals surface area contributed by atoms with Crippen molar-refractivity contribution in [2.75, 3.05) is 51.2 Å². The summed E-state index contributed by atoms with van der Waals surface area (Å²) >= 11 is 0. The number of halogens is 1. The fraction of sp³-hybridized carbons (Fsp3) is 0.632. The smallest absolute Gasteiger partial charge is 0.239 e. The van der Waals surface area contributed by atoms with Gasteiger partial charge in [-0.1, -0.05) is 0 Å². The number of likely N-dealkylation sites (tertiary alicyclic amines) is 1. The van der Waals surface area contributed by atoms with E-state index in [1.54, 1.807) is 12.1 Å². The third-order valence-corrected chi connectivity index (χ3v) is 5.55. The van der Waals surface area contributed by atoms with Gasteiger partial charge in [-0.2, -0.15) is 0 Å². The molecule has 2 atom stereocenters. The van der Waals surface area contributed by atoms with E-state index in [0.717, 1.165) is 51.4 Å². The van der Waals surface area contributed by atoms with Crippen LogP contribution in [0.4, 0.5) is 10.1 Å². The number of piperidine rings is 1. The lowest BCUT2D eigenvalue weighted by atomic mass is 10.0. The maximum absolute atomic E-state index is 13.1. The maximum Gasteiger partial charge on any atom is 0.239 e. The molecule has 25 heavy (non-hydrogen) atoms. The van der Waals surface area contributed by atoms with Crippen LogP contribution >= 0.6 is 0 Å². The second-order valence-corrected chi connectivity index (χ2v) is 7.09. The molecule has 2 saturated heterocycles. The number of hydrogen-bond donors (Lipinski definition) is 1. The van der Waals surface area contributed by atoms with Crippen LogP contribution in [0.1, 0.15) is 19.8 Å². The molecule has 1 amide bonds. The van der Waals surface area contributed by atoms with Crippen LogP contribution in [0.2, 0.25) is 0 Å². The van der Waals surface area contributed by atoms with Crippen LogP contribution in [0.3, 0.4) is 0 Å². The maximum atomic E-state index is 13.1. The number of piperazine rings is 1. The number of hydrogen-bond acceptors (Lipinski definition) is 4. The molecule has 2 aliphatic rings. The van der Waals surface area contributed by atoms with Gasteiger partial charge in [-0.05, 0) is 57.6 Å². The van der Waals surface area contributed by atoms with Gasteiger partial charge < -0.3 is 15.1 Å². The summed E-state index contributed by atoms with van der Waals surface area (Å²) in [5.74, 6) is 0.0169. The van der Waals surface area contributed by atoms with Gasteiger partial charge in [-0.3, -0.25) is 9.69 Å². The van der Waals surface area contributed by atoms with Crippen LogP contribution < -0.4 is 10.2 Å². The summed E-state index contributed by atoms with van der Waals surface area (Å²) in [4.78, 5) is 19.4. The number of benzene rings is 1. The molecule has 138 valence electrons. The van der Waals surface area contributed by atoms with Gasteiger partial charge in [-0.15, -0.1) is 0 Å². The highest BCUT2D eigenvalue weighted by Gasteiger charge is 2.31. The molecule has 2 fully saturated rings. The fourth-order valence-corrected chi connectivity index (χ4v) is 3.85. The van der Waals surface area contributed by atoms with Crippen molar-refractivity contribution in [3.8, 4) is 0 Å². The lowest BCUT2D eigenvalue weighted by molar-refractivity contribution is -0.137. The Morgan fingerprint density at radius 2 is 1.84 bits per heavy atom. The average Bonchev–Trinajstić information content (AvgIpc) is 2.67. The molecule has 5 nitrogen and oxygen atoms in total. The number of anilines is 1. The van der Waals surface area contributed by atoms with Crippen LogP contribution in [0.25, 0.3) is 0 Å². The van der Waals surface area contributed by atoms with Gasteiger partial charge in [0.1, 0.15) is 5.82 Å². The molecule has 1 aromatic rings. The monoisotopic (exact) mass is 348 g/mol. The summed E-state index contributed by atoms with van der Waals surface area (Å²) in [6.45, 7) is 7.02. The predicted octanol–water partition coefficient (Wildman–Crippen LogP) is 1.55. The highest BCUT2D eigenvalue weighted by molar-refractivity contribution is 5.81. The summed E-state index contributed by atoms with van der Waals surface area (Å²) in [6, 6.07) is 7.02. The van der Waals surface area contributed by atoms with Crippen molar-refractivity contribution in [1.29, 1.82) is 0 Å². The second kappa shape index (κ2) is 8.15. The van der Waals surface area contributed by atoms with Crippen molar-refractivity contribution >= 4 is 11.6 Å². The Bertz CT molecular complexity index is 571. The lowest BCUT2D eigenvalue weighted by Gasteiger charge is -2.41. The minimum Gasteiger partial charge on any atom is -0.368 e. The van der Waals surface area contributed by atoms with Crippen molar-refractivity contribution < 1.29 is 9.18 Å². The summed E-state index contributed by atoms with van der Waals surface area (Å²) in [5.41, 5.74) is 1.02. The molecular weight excluding hydrogens is 319 g/mol. The van der Waals surface area contributed by atoms with Gasteiger partial charge in [0.2, 0.25) is 5.91 Å². The number of carbonyl (C=O) groups is 1. The number of nitrogens with zero attached hydrogens (tertiary/aromatic N) is 3. The van der Waals surface area contributed by atoms with E-state index in [4.69, 9.17) is 0 Å². The molecule has 3 rings (SSSR count). The van der Waals surface area contributed by atoms with Crippen molar-refractivity contribution in [3.05, 3.63) is 30.1 Å². The Morgan fingerprint density at radius 1 is 1.16 bits per heavy atom. The van der Waals surface area contributed by atoms with E-state index < -0.39 is 0 Å². The van der Waals surface area contributed by atoms with Crippen LogP contribution in [0, 0.1) is 5.82 Å². The first-order valence-electron chi connectivity index (χ1n) is 9.29. The molecule has 2 heterocycles. The molecule has 0 aliphatic carbocycles. The zero-order valence-corrected chi connectivity index (χ0v) is 15.2. The molecule has 0 radical (unpaired) electrons. The zero-order chi connectivity index (χ0) is 17.8. The van der Waals surface area contributed by atoms with Crippen LogP contribution in [0.15, 0.2) is 24.3 Å². The van der Waals surface area contributed by atoms with E-state index in [1.165, 1.54) is 18.6 Å². The molecule has 2 aliphatic heterocycles. The Labute approximate surface area is 149 Å². The Morgan fingerprint density at radius 3 is 2.48 bits per heavy atom. The molecule has 0 aromatic heterocycles. The second-order valence-electron chi connectivity index (χ2n) is 7.09. The number of rotatable bonds is 4. The van der Waals surface area contributed by atoms with Crippen molar-refractivity contribution in [3.63, 3.8) is 0 Å². The Hall–Kier alpha value is -1.66. The van der Waals surface area contributed by atoms with E-state index in [1.807, 2.05) is 18.9 Å². The first-order valence-corrected chi connectivity index (χ1v) is 9.29. The van der Waals surface area contributed by atoms with Crippen molar-refractivity contribution in [1.82, 2.24) is 15.1 Å². The van der Waals surface area contributed by atoms with E-state index >= 15 is 0 Å². The zero-order valence-electron chi connectivity index (χ0n) is 15.2. The van der Waals surface area contributed by atoms with Crippen LogP contribution in [-0.4, -0.2) is 74.1 Å². The number of amides is 1. The predicted molar refractivity (Wildman–Crippen MR) is 98.3 cm³/mol. The third-order valence-electron chi connectivity index (χ3n) is 5.55. The van der Waals surface area contributed by atoms with E-state index in [-0.39, 0.29) is 17.8 Å². The Balaban J connectivity index is 1.53. The quantitative estimate of drug-likeness (QED) is 0.896. The summed E-state index contributed by atoms with van der Waals surface area (Å²) in [6.07, 6.45) is 2.33. The Kier molecular flexibility index (Phi) is 5.91. The van der Waals surface area contributed by atoms with Gasteiger partial charge in [0.05, 0.1) is 6.04 Å². The SMILES string of the molecule is CNC1CCCN(C(C)C(=O)N2CCN(c3ccc(F)cc3)CC2)C1. The summed E-state index contributed by atoms with van der Waals surface area (Å²) < 4.78 is 13.1. The minimum atomic E-state index is -0.215. The fourth-order valence-electron chi connectivity index (χ4n) is 3.85. The van der Waals surface area contributed by atoms with Gasteiger partial charge in [0, 0.05) is 44.5 Å². The topological polar surface area (TPSA) is 38.8 Å². The van der Waals surface area contributed by atoms with E-state index in [9.17, 15) is 9.18 Å². The standard InChI is InChI=1S/C19H29FN4O/c1-15(24-9-3-4-17(14-24)21-2)19(25)23-12-10-22(11-13-23)18-7-5-16(20)6-8-18/h5-8,15,17,21H,3-4,9-14H2,1-2H3. The highest BCUT2D eigenvalue weighted by atomic mass is 19.1. The number of carbonyl (C=O) groups excluding carboxylic acids is 1. The molecule has 6 heteroatoms. The van der Waals surface area contributed by atoms with Crippen molar-refractivity contribution in [2.45, 2.75) is 31.8 Å². The molecule has 0 bridgehead atoms. The summed E-state index contributed by atoms with van der Waals surface area (Å²) in [7, 11) is 2.00. The van der Waals surface area contributed by atoms with Gasteiger partial charge in [-0.25, -0.2) is 4.39 Å². The van der Waals surface area contributed by atoms with Gasteiger partial charge in [0.25, 0.3) is 0 Å². The molecule has 1 aromatic carbocycles. The largest absolute Gasteiger partial charge is 0.368 e.